The number of nitrogens with one attached hydrogen (secondary N) is 1. The van der Waals surface area contributed by atoms with Crippen molar-refractivity contribution >= 4 is 23.2 Å². The second kappa shape index (κ2) is 7.08. The van der Waals surface area contributed by atoms with Gasteiger partial charge in [0.05, 0.1) is 5.01 Å². The summed E-state index contributed by atoms with van der Waals surface area (Å²) in [6.07, 6.45) is -1.77. The van der Waals surface area contributed by atoms with E-state index in [2.05, 4.69) is 4.98 Å². The number of carbonyl (C=O) groups is 2. The number of thiazole rings is 1. The van der Waals surface area contributed by atoms with Crippen molar-refractivity contribution in [3.05, 3.63) is 16.6 Å². The van der Waals surface area contributed by atoms with E-state index < -0.39 is 31.0 Å². The standard InChI is InChI=1S/C13H16F3N3O2S/c14-13(15,16)8-18-10(20)7-11(21)19-4-1-9(2-5-19)12-17-3-6-22-12/h3,6,9H,1-2,4-5,7-8H2,(H,18,20). The van der Waals surface area contributed by atoms with Gasteiger partial charge in [0.2, 0.25) is 11.8 Å². The Balaban J connectivity index is 1.74. The van der Waals surface area contributed by atoms with Crippen molar-refractivity contribution in [2.24, 2.45) is 0 Å². The number of hydrogen-bond donors (Lipinski definition) is 1. The Kier molecular flexibility index (Phi) is 5.38. The number of rotatable bonds is 4. The number of nitrogens with zero attached hydrogens (tertiary/aromatic N) is 2. The van der Waals surface area contributed by atoms with Crippen molar-refractivity contribution in [2.45, 2.75) is 31.4 Å². The van der Waals surface area contributed by atoms with E-state index in [0.717, 1.165) is 17.8 Å². The third kappa shape index (κ3) is 4.97. The second-order valence-corrected chi connectivity index (χ2v) is 6.02. The normalized spacial score (nSPS) is 16.6. The van der Waals surface area contributed by atoms with Gasteiger partial charge in [0, 0.05) is 30.6 Å². The zero-order valence-electron chi connectivity index (χ0n) is 11.7. The van der Waals surface area contributed by atoms with Gasteiger partial charge < -0.3 is 10.2 Å². The molecule has 5 nitrogen and oxygen atoms in total. The van der Waals surface area contributed by atoms with Crippen LogP contribution < -0.4 is 5.32 Å². The molecule has 0 aromatic carbocycles. The molecule has 1 aromatic rings. The average molecular weight is 335 g/mol. The largest absolute Gasteiger partial charge is 0.405 e. The first-order valence-corrected chi connectivity index (χ1v) is 7.74. The number of piperidine rings is 1. The first-order chi connectivity index (χ1) is 10.3. The molecule has 0 spiro atoms. The van der Waals surface area contributed by atoms with Crippen molar-refractivity contribution in [2.75, 3.05) is 19.6 Å². The molecule has 2 rings (SSSR count). The quantitative estimate of drug-likeness (QED) is 0.855. The summed E-state index contributed by atoms with van der Waals surface area (Å²) in [6.45, 7) is -0.420. The minimum atomic E-state index is -4.47. The lowest BCUT2D eigenvalue weighted by molar-refractivity contribution is -0.143. The molecule has 0 radical (unpaired) electrons. The summed E-state index contributed by atoms with van der Waals surface area (Å²) in [6, 6.07) is 0. The van der Waals surface area contributed by atoms with Crippen LogP contribution in [0.25, 0.3) is 0 Å². The number of hydrogen-bond acceptors (Lipinski definition) is 4. The fourth-order valence-corrected chi connectivity index (χ4v) is 3.13. The lowest BCUT2D eigenvalue weighted by Crippen LogP contribution is -2.41. The van der Waals surface area contributed by atoms with E-state index in [9.17, 15) is 22.8 Å². The lowest BCUT2D eigenvalue weighted by Gasteiger charge is -2.31. The Morgan fingerprint density at radius 1 is 1.36 bits per heavy atom. The highest BCUT2D eigenvalue weighted by Gasteiger charge is 2.29. The van der Waals surface area contributed by atoms with Crippen LogP contribution in [0, 0.1) is 0 Å². The van der Waals surface area contributed by atoms with E-state index in [-0.39, 0.29) is 0 Å². The van der Waals surface area contributed by atoms with Gasteiger partial charge in [0.25, 0.3) is 0 Å². The molecule has 0 aliphatic carbocycles. The van der Waals surface area contributed by atoms with Gasteiger partial charge in [-0.1, -0.05) is 0 Å². The Bertz CT molecular complexity index is 511. The molecule has 1 fully saturated rings. The van der Waals surface area contributed by atoms with Gasteiger partial charge in [-0.15, -0.1) is 11.3 Å². The predicted octanol–water partition coefficient (Wildman–Crippen LogP) is 1.92. The molecule has 1 saturated heterocycles. The highest BCUT2D eigenvalue weighted by Crippen LogP contribution is 2.29. The summed E-state index contributed by atoms with van der Waals surface area (Å²) in [5.74, 6) is -1.02. The number of carbonyl (C=O) groups excluding carboxylic acids is 2. The number of alkyl halides is 3. The SMILES string of the molecule is O=C(CC(=O)N1CCC(c2nccs2)CC1)NCC(F)(F)F. The van der Waals surface area contributed by atoms with Crippen LogP contribution in [0.1, 0.15) is 30.2 Å². The minimum absolute atomic E-state index is 0.308. The molecule has 0 bridgehead atoms. The van der Waals surface area contributed by atoms with Crippen LogP contribution in [-0.4, -0.2) is 47.5 Å². The van der Waals surface area contributed by atoms with Crippen molar-refractivity contribution < 1.29 is 22.8 Å². The molecule has 0 unspecified atom stereocenters. The molecule has 1 aliphatic rings. The summed E-state index contributed by atoms with van der Waals surface area (Å²) in [4.78, 5) is 29.0. The summed E-state index contributed by atoms with van der Waals surface area (Å²) >= 11 is 1.57. The van der Waals surface area contributed by atoms with Crippen LogP contribution in [0.2, 0.25) is 0 Å². The maximum absolute atomic E-state index is 12.0. The molecule has 0 saturated carbocycles. The van der Waals surface area contributed by atoms with Gasteiger partial charge in [-0.3, -0.25) is 9.59 Å². The van der Waals surface area contributed by atoms with Gasteiger partial charge in [-0.2, -0.15) is 13.2 Å². The monoisotopic (exact) mass is 335 g/mol. The molecule has 2 heterocycles. The van der Waals surface area contributed by atoms with Crippen molar-refractivity contribution in [3.63, 3.8) is 0 Å². The average Bonchev–Trinajstić information content (AvgIpc) is 2.99. The zero-order chi connectivity index (χ0) is 16.2. The van der Waals surface area contributed by atoms with Gasteiger partial charge >= 0.3 is 6.18 Å². The third-order valence-corrected chi connectivity index (χ3v) is 4.38. The highest BCUT2D eigenvalue weighted by atomic mass is 32.1. The van der Waals surface area contributed by atoms with E-state index >= 15 is 0 Å². The van der Waals surface area contributed by atoms with Gasteiger partial charge in [-0.25, -0.2) is 4.98 Å². The third-order valence-electron chi connectivity index (χ3n) is 3.45. The van der Waals surface area contributed by atoms with Crippen molar-refractivity contribution in [1.29, 1.82) is 0 Å². The Hall–Kier alpha value is -1.64. The molecule has 1 aromatic heterocycles. The Morgan fingerprint density at radius 2 is 2.05 bits per heavy atom. The molecule has 0 atom stereocenters. The number of likely N-dealkylation sites (tertiary alicyclic amines) is 1. The van der Waals surface area contributed by atoms with Crippen LogP contribution in [0.5, 0.6) is 0 Å². The lowest BCUT2D eigenvalue weighted by atomic mass is 9.97. The van der Waals surface area contributed by atoms with Gasteiger partial charge in [0.15, 0.2) is 0 Å². The first kappa shape index (κ1) is 16.7. The Labute approximate surface area is 129 Å². The molecule has 9 heteroatoms. The number of aromatic nitrogens is 1. The fourth-order valence-electron chi connectivity index (χ4n) is 2.32. The van der Waals surface area contributed by atoms with Crippen LogP contribution in [0.4, 0.5) is 13.2 Å². The van der Waals surface area contributed by atoms with E-state index in [4.69, 9.17) is 0 Å². The molecule has 1 N–H and O–H groups in total. The van der Waals surface area contributed by atoms with E-state index in [1.165, 1.54) is 4.90 Å². The summed E-state index contributed by atoms with van der Waals surface area (Å²) in [5, 5.41) is 4.64. The second-order valence-electron chi connectivity index (χ2n) is 5.09. The van der Waals surface area contributed by atoms with E-state index in [1.807, 2.05) is 5.38 Å². The zero-order valence-corrected chi connectivity index (χ0v) is 12.5. The van der Waals surface area contributed by atoms with Crippen LogP contribution in [0.15, 0.2) is 11.6 Å². The topological polar surface area (TPSA) is 62.3 Å². The minimum Gasteiger partial charge on any atom is -0.347 e. The molecular weight excluding hydrogens is 319 g/mol. The van der Waals surface area contributed by atoms with Crippen LogP contribution in [0.3, 0.4) is 0 Å². The smallest absolute Gasteiger partial charge is 0.347 e. The maximum atomic E-state index is 12.0. The number of halogens is 3. The molecule has 2 amide bonds. The van der Waals surface area contributed by atoms with E-state index in [0.29, 0.717) is 19.0 Å². The summed E-state index contributed by atoms with van der Waals surface area (Å²) < 4.78 is 35.9. The van der Waals surface area contributed by atoms with Gasteiger partial charge in [-0.05, 0) is 12.8 Å². The van der Waals surface area contributed by atoms with Crippen molar-refractivity contribution in [1.82, 2.24) is 15.2 Å². The molecule has 22 heavy (non-hydrogen) atoms. The van der Waals surface area contributed by atoms with Crippen LogP contribution in [-0.2, 0) is 9.59 Å². The Morgan fingerprint density at radius 3 is 2.59 bits per heavy atom. The fraction of sp³-hybridized carbons (Fsp3) is 0.615. The van der Waals surface area contributed by atoms with E-state index in [1.54, 1.807) is 22.9 Å². The number of amides is 2. The van der Waals surface area contributed by atoms with Crippen LogP contribution >= 0.6 is 11.3 Å². The highest BCUT2D eigenvalue weighted by molar-refractivity contribution is 7.09. The predicted molar refractivity (Wildman–Crippen MR) is 74.4 cm³/mol. The molecular formula is C13H16F3N3O2S. The molecule has 1 aliphatic heterocycles. The maximum Gasteiger partial charge on any atom is 0.405 e. The summed E-state index contributed by atoms with van der Waals surface area (Å²) in [7, 11) is 0. The van der Waals surface area contributed by atoms with Gasteiger partial charge in [0.1, 0.15) is 13.0 Å². The summed E-state index contributed by atoms with van der Waals surface area (Å²) in [5.41, 5.74) is 0. The molecule has 122 valence electrons. The van der Waals surface area contributed by atoms with Crippen molar-refractivity contribution in [3.8, 4) is 0 Å². The first-order valence-electron chi connectivity index (χ1n) is 6.86.